The topological polar surface area (TPSA) is 83.1 Å². The molecule has 1 aliphatic heterocycles. The van der Waals surface area contributed by atoms with E-state index < -0.39 is 21.9 Å². The van der Waals surface area contributed by atoms with E-state index in [9.17, 15) is 17.1 Å². The first-order valence-electron chi connectivity index (χ1n) is 6.53. The summed E-state index contributed by atoms with van der Waals surface area (Å²) in [4.78, 5) is 13.4. The van der Waals surface area contributed by atoms with Crippen LogP contribution in [0.5, 0.6) is 0 Å². The minimum absolute atomic E-state index is 0.0805. The highest BCUT2D eigenvalue weighted by molar-refractivity contribution is 7.86. The predicted molar refractivity (Wildman–Crippen MR) is 74.5 cm³/mol. The van der Waals surface area contributed by atoms with Gasteiger partial charge in [-0.15, -0.1) is 3.89 Å². The maximum atomic E-state index is 12.7. The van der Waals surface area contributed by atoms with E-state index in [1.165, 1.54) is 0 Å². The van der Waals surface area contributed by atoms with Crippen LogP contribution in [0.25, 0.3) is 10.9 Å². The zero-order chi connectivity index (χ0) is 15.0. The molecule has 0 radical (unpaired) electrons. The van der Waals surface area contributed by atoms with Gasteiger partial charge in [0, 0.05) is 30.8 Å². The number of amides is 1. The SMILES string of the molecule is O=C1CC(CS(=O)(=O)F)CN1Cc1ccc2[nH]ncc2c1. The van der Waals surface area contributed by atoms with Crippen molar-refractivity contribution in [3.05, 3.63) is 30.0 Å². The number of aromatic amines is 1. The fourth-order valence-corrected chi connectivity index (χ4v) is 3.50. The van der Waals surface area contributed by atoms with Gasteiger partial charge < -0.3 is 4.90 Å². The molecule has 1 unspecified atom stereocenters. The van der Waals surface area contributed by atoms with Crippen molar-refractivity contribution in [3.63, 3.8) is 0 Å². The van der Waals surface area contributed by atoms with Crippen LogP contribution in [-0.2, 0) is 21.6 Å². The Labute approximate surface area is 121 Å². The summed E-state index contributed by atoms with van der Waals surface area (Å²) >= 11 is 0. The summed E-state index contributed by atoms with van der Waals surface area (Å²) < 4.78 is 34.0. The second kappa shape index (κ2) is 5.10. The van der Waals surface area contributed by atoms with Gasteiger partial charge in [0.15, 0.2) is 0 Å². The summed E-state index contributed by atoms with van der Waals surface area (Å²) in [5, 5.41) is 7.72. The molecule has 0 spiro atoms. The second-order valence-electron chi connectivity index (χ2n) is 5.34. The fourth-order valence-electron chi connectivity index (χ4n) is 2.71. The zero-order valence-electron chi connectivity index (χ0n) is 11.1. The molecule has 1 N–H and O–H groups in total. The molecule has 1 aromatic carbocycles. The van der Waals surface area contributed by atoms with Crippen LogP contribution in [0.3, 0.4) is 0 Å². The normalized spacial score (nSPS) is 19.6. The van der Waals surface area contributed by atoms with Crippen LogP contribution in [0.2, 0.25) is 0 Å². The van der Waals surface area contributed by atoms with Gasteiger partial charge in [0.2, 0.25) is 5.91 Å². The summed E-state index contributed by atoms with van der Waals surface area (Å²) in [6.07, 6.45) is 1.78. The Balaban J connectivity index is 1.71. The van der Waals surface area contributed by atoms with Crippen molar-refractivity contribution >= 4 is 27.0 Å². The van der Waals surface area contributed by atoms with E-state index >= 15 is 0 Å². The largest absolute Gasteiger partial charge is 0.338 e. The third-order valence-electron chi connectivity index (χ3n) is 3.61. The fraction of sp³-hybridized carbons (Fsp3) is 0.385. The quantitative estimate of drug-likeness (QED) is 0.860. The van der Waals surface area contributed by atoms with Gasteiger partial charge in [-0.05, 0) is 17.7 Å². The summed E-state index contributed by atoms with van der Waals surface area (Å²) in [7, 11) is -4.54. The smallest absolute Gasteiger partial charge is 0.302 e. The first-order chi connectivity index (χ1) is 9.90. The summed E-state index contributed by atoms with van der Waals surface area (Å²) in [6.45, 7) is 0.661. The maximum absolute atomic E-state index is 12.7. The second-order valence-corrected chi connectivity index (χ2v) is 6.75. The van der Waals surface area contributed by atoms with Gasteiger partial charge >= 0.3 is 10.2 Å². The third kappa shape index (κ3) is 3.21. The molecule has 2 heterocycles. The first-order valence-corrected chi connectivity index (χ1v) is 8.08. The van der Waals surface area contributed by atoms with E-state index in [1.54, 1.807) is 11.1 Å². The van der Waals surface area contributed by atoms with E-state index in [2.05, 4.69) is 10.2 Å². The number of hydrogen-bond acceptors (Lipinski definition) is 4. The maximum Gasteiger partial charge on any atom is 0.302 e. The molecule has 1 atom stereocenters. The Bertz CT molecular complexity index is 787. The molecule has 8 heteroatoms. The van der Waals surface area contributed by atoms with Gasteiger partial charge in [0.05, 0.1) is 17.5 Å². The Morgan fingerprint density at radius 2 is 2.24 bits per heavy atom. The highest BCUT2D eigenvalue weighted by Gasteiger charge is 2.32. The van der Waals surface area contributed by atoms with E-state index in [4.69, 9.17) is 0 Å². The van der Waals surface area contributed by atoms with Crippen LogP contribution in [0.1, 0.15) is 12.0 Å². The van der Waals surface area contributed by atoms with Crippen LogP contribution in [0, 0.1) is 5.92 Å². The van der Waals surface area contributed by atoms with Gasteiger partial charge in [-0.25, -0.2) is 0 Å². The molecular weight excluding hydrogens is 297 g/mol. The molecule has 1 saturated heterocycles. The first kappa shape index (κ1) is 14.0. The minimum Gasteiger partial charge on any atom is -0.338 e. The van der Waals surface area contributed by atoms with Crippen molar-refractivity contribution in [1.29, 1.82) is 0 Å². The standard InChI is InChI=1S/C13H14FN3O3S/c14-21(19,20)8-10-4-13(18)17(7-10)6-9-1-2-12-11(3-9)5-15-16-12/h1-3,5,10H,4,6-8H2,(H,15,16). The molecule has 1 fully saturated rings. The zero-order valence-corrected chi connectivity index (χ0v) is 11.9. The number of likely N-dealkylation sites (tertiary alicyclic amines) is 1. The molecular formula is C13H14FN3O3S. The monoisotopic (exact) mass is 311 g/mol. The van der Waals surface area contributed by atoms with Crippen molar-refractivity contribution in [2.75, 3.05) is 12.3 Å². The molecule has 6 nitrogen and oxygen atoms in total. The minimum atomic E-state index is -4.54. The van der Waals surface area contributed by atoms with Crippen molar-refractivity contribution < 1.29 is 17.1 Å². The molecule has 0 saturated carbocycles. The molecule has 21 heavy (non-hydrogen) atoms. The van der Waals surface area contributed by atoms with Crippen molar-refractivity contribution in [2.24, 2.45) is 5.92 Å². The number of hydrogen-bond donors (Lipinski definition) is 1. The van der Waals surface area contributed by atoms with Gasteiger partial charge in [-0.3, -0.25) is 9.89 Å². The van der Waals surface area contributed by atoms with Gasteiger partial charge in [0.1, 0.15) is 0 Å². The summed E-state index contributed by atoms with van der Waals surface area (Å²) in [6, 6.07) is 5.68. The van der Waals surface area contributed by atoms with E-state index in [1.807, 2.05) is 18.2 Å². The number of rotatable bonds is 4. The average molecular weight is 311 g/mol. The van der Waals surface area contributed by atoms with Crippen molar-refractivity contribution in [2.45, 2.75) is 13.0 Å². The number of carbonyl (C=O) groups is 1. The van der Waals surface area contributed by atoms with Gasteiger partial charge in [0.25, 0.3) is 0 Å². The van der Waals surface area contributed by atoms with Gasteiger partial charge in [-0.2, -0.15) is 13.5 Å². The number of aromatic nitrogens is 2. The molecule has 112 valence electrons. The summed E-state index contributed by atoms with van der Waals surface area (Å²) in [5.41, 5.74) is 1.84. The number of benzene rings is 1. The number of halogens is 1. The molecule has 1 aromatic heterocycles. The van der Waals surface area contributed by atoms with Crippen LogP contribution in [0.4, 0.5) is 3.89 Å². The van der Waals surface area contributed by atoms with Crippen molar-refractivity contribution in [3.8, 4) is 0 Å². The molecule has 0 bridgehead atoms. The van der Waals surface area contributed by atoms with Gasteiger partial charge in [-0.1, -0.05) is 6.07 Å². The molecule has 0 aliphatic carbocycles. The lowest BCUT2D eigenvalue weighted by molar-refractivity contribution is -0.128. The Morgan fingerprint density at radius 3 is 3.00 bits per heavy atom. The average Bonchev–Trinajstić information content (AvgIpc) is 2.94. The van der Waals surface area contributed by atoms with Crippen LogP contribution in [-0.4, -0.2) is 41.7 Å². The number of H-pyrrole nitrogens is 1. The predicted octanol–water partition coefficient (Wildman–Crippen LogP) is 1.21. The molecule has 2 aromatic rings. The molecule has 3 rings (SSSR count). The Hall–Kier alpha value is -1.96. The molecule has 1 aliphatic rings. The van der Waals surface area contributed by atoms with Crippen LogP contribution in [0.15, 0.2) is 24.4 Å². The van der Waals surface area contributed by atoms with Crippen LogP contribution >= 0.6 is 0 Å². The highest BCUT2D eigenvalue weighted by Crippen LogP contribution is 2.23. The lowest BCUT2D eigenvalue weighted by atomic mass is 10.1. The molecule has 1 amide bonds. The summed E-state index contributed by atoms with van der Waals surface area (Å²) in [5.74, 6) is -1.20. The number of nitrogens with zero attached hydrogens (tertiary/aromatic N) is 2. The van der Waals surface area contributed by atoms with Crippen molar-refractivity contribution in [1.82, 2.24) is 15.1 Å². The number of nitrogens with one attached hydrogen (secondary N) is 1. The van der Waals surface area contributed by atoms with Crippen LogP contribution < -0.4 is 0 Å². The Kier molecular flexibility index (Phi) is 3.40. The van der Waals surface area contributed by atoms with E-state index in [-0.39, 0.29) is 18.9 Å². The lowest BCUT2D eigenvalue weighted by Crippen LogP contribution is -2.25. The lowest BCUT2D eigenvalue weighted by Gasteiger charge is -2.16. The highest BCUT2D eigenvalue weighted by atomic mass is 32.3. The van der Waals surface area contributed by atoms with E-state index in [0.717, 1.165) is 16.5 Å². The Morgan fingerprint density at radius 1 is 1.43 bits per heavy atom. The number of carbonyl (C=O) groups excluding carboxylic acids is 1. The number of fused-ring (bicyclic) bond motifs is 1. The third-order valence-corrected chi connectivity index (χ3v) is 4.48. The van der Waals surface area contributed by atoms with E-state index in [0.29, 0.717) is 6.54 Å².